The zero-order valence-corrected chi connectivity index (χ0v) is 22.7. The molecule has 0 fully saturated rings. The minimum atomic E-state index is 0.680. The van der Waals surface area contributed by atoms with E-state index in [0.29, 0.717) is 5.71 Å². The molecule has 0 aliphatic carbocycles. The Balaban J connectivity index is 0.000000846. The molecule has 0 aliphatic heterocycles. The van der Waals surface area contributed by atoms with Crippen LogP contribution in [0.2, 0.25) is 0 Å². The second-order valence-electron chi connectivity index (χ2n) is 10.3. The molecule has 0 spiro atoms. The summed E-state index contributed by atoms with van der Waals surface area (Å²) in [5.74, 6) is 0. The van der Waals surface area contributed by atoms with Crippen LogP contribution in [0.15, 0.2) is 132 Å². The van der Waals surface area contributed by atoms with Gasteiger partial charge < -0.3 is 4.42 Å². The molecule has 0 radical (unpaired) electrons. The number of rotatable bonds is 2. The van der Waals surface area contributed by atoms with Crippen molar-refractivity contribution in [2.24, 2.45) is 0 Å². The molecule has 8 aromatic rings. The minimum absolute atomic E-state index is 0.680. The average molecular weight is 516 g/mol. The third kappa shape index (κ3) is 4.01. The summed E-state index contributed by atoms with van der Waals surface area (Å²) >= 11 is 0. The highest BCUT2D eigenvalue weighted by atomic mass is 16.3. The average Bonchev–Trinajstić information content (AvgIpc) is 3.39. The molecule has 2 nitrogen and oxygen atoms in total. The van der Waals surface area contributed by atoms with E-state index in [1.165, 1.54) is 55.4 Å². The van der Waals surface area contributed by atoms with Crippen molar-refractivity contribution in [1.82, 2.24) is 4.98 Å². The number of furan rings is 1. The van der Waals surface area contributed by atoms with Crippen molar-refractivity contribution < 1.29 is 4.42 Å². The SMILES string of the molecule is CCC.c1cc(-c2ccc3oc4ncccc4c3c2)cc(-c2ccc3c4ccccc4c4ccccc4c3c2)c1. The lowest BCUT2D eigenvalue weighted by atomic mass is 9.91. The van der Waals surface area contributed by atoms with E-state index in [1.54, 1.807) is 6.20 Å². The van der Waals surface area contributed by atoms with Crippen LogP contribution >= 0.6 is 0 Å². The normalized spacial score (nSPS) is 11.3. The first-order chi connectivity index (χ1) is 19.7. The van der Waals surface area contributed by atoms with Gasteiger partial charge in [0.2, 0.25) is 5.71 Å². The Bertz CT molecular complexity index is 2130. The Hall–Kier alpha value is -4.95. The van der Waals surface area contributed by atoms with E-state index in [4.69, 9.17) is 4.42 Å². The first kappa shape index (κ1) is 24.1. The van der Waals surface area contributed by atoms with Gasteiger partial charge in [-0.3, -0.25) is 0 Å². The Morgan fingerprint density at radius 2 is 0.950 bits per heavy atom. The van der Waals surface area contributed by atoms with Crippen molar-refractivity contribution in [3.05, 3.63) is 128 Å². The lowest BCUT2D eigenvalue weighted by Gasteiger charge is -2.12. The molecule has 0 saturated carbocycles. The monoisotopic (exact) mass is 515 g/mol. The molecule has 192 valence electrons. The summed E-state index contributed by atoms with van der Waals surface area (Å²) in [6.07, 6.45) is 3.02. The molecule has 0 bridgehead atoms. The topological polar surface area (TPSA) is 26.0 Å². The van der Waals surface area contributed by atoms with Crippen LogP contribution in [0.5, 0.6) is 0 Å². The molecule has 0 saturated heterocycles. The zero-order chi connectivity index (χ0) is 27.1. The van der Waals surface area contributed by atoms with Crippen molar-refractivity contribution in [2.75, 3.05) is 0 Å². The third-order valence-electron chi connectivity index (χ3n) is 7.52. The minimum Gasteiger partial charge on any atom is -0.438 e. The fraction of sp³-hybridized carbons (Fsp3) is 0.0789. The van der Waals surface area contributed by atoms with Gasteiger partial charge in [0.1, 0.15) is 5.58 Å². The van der Waals surface area contributed by atoms with Crippen molar-refractivity contribution in [3.63, 3.8) is 0 Å². The number of benzene rings is 6. The van der Waals surface area contributed by atoms with Crippen LogP contribution < -0.4 is 0 Å². The molecule has 2 heteroatoms. The molecular formula is C38H29NO. The highest BCUT2D eigenvalue weighted by Gasteiger charge is 2.12. The number of nitrogens with zero attached hydrogens (tertiary/aromatic N) is 1. The van der Waals surface area contributed by atoms with Crippen LogP contribution in [0.25, 0.3) is 76.6 Å². The molecule has 0 unspecified atom stereocenters. The van der Waals surface area contributed by atoms with E-state index >= 15 is 0 Å². The fourth-order valence-corrected chi connectivity index (χ4v) is 5.76. The van der Waals surface area contributed by atoms with Crippen molar-refractivity contribution in [2.45, 2.75) is 20.3 Å². The highest BCUT2D eigenvalue weighted by Crippen LogP contribution is 2.38. The van der Waals surface area contributed by atoms with Crippen LogP contribution in [0.3, 0.4) is 0 Å². The summed E-state index contributed by atoms with van der Waals surface area (Å²) in [7, 11) is 0. The first-order valence-electron chi connectivity index (χ1n) is 14.0. The van der Waals surface area contributed by atoms with Crippen LogP contribution in [0.4, 0.5) is 0 Å². The van der Waals surface area contributed by atoms with Gasteiger partial charge in [-0.25, -0.2) is 4.98 Å². The van der Waals surface area contributed by atoms with Gasteiger partial charge in [-0.2, -0.15) is 0 Å². The highest BCUT2D eigenvalue weighted by molar-refractivity contribution is 6.25. The maximum atomic E-state index is 5.93. The molecule has 2 aromatic heterocycles. The lowest BCUT2D eigenvalue weighted by Crippen LogP contribution is -1.85. The van der Waals surface area contributed by atoms with E-state index in [2.05, 4.69) is 128 Å². The van der Waals surface area contributed by atoms with E-state index in [9.17, 15) is 0 Å². The molecule has 0 N–H and O–H groups in total. The van der Waals surface area contributed by atoms with E-state index in [1.807, 2.05) is 12.1 Å². The van der Waals surface area contributed by atoms with Gasteiger partial charge >= 0.3 is 0 Å². The molecule has 0 amide bonds. The molecule has 40 heavy (non-hydrogen) atoms. The predicted molar refractivity (Wildman–Crippen MR) is 171 cm³/mol. The van der Waals surface area contributed by atoms with Gasteiger partial charge in [0.05, 0.1) is 0 Å². The van der Waals surface area contributed by atoms with Crippen molar-refractivity contribution in [1.29, 1.82) is 0 Å². The maximum Gasteiger partial charge on any atom is 0.227 e. The summed E-state index contributed by atoms with van der Waals surface area (Å²) in [6, 6.07) is 43.5. The first-order valence-corrected chi connectivity index (χ1v) is 14.0. The van der Waals surface area contributed by atoms with E-state index in [0.717, 1.165) is 21.9 Å². The van der Waals surface area contributed by atoms with Crippen molar-refractivity contribution >= 4 is 54.4 Å². The number of hydrogen-bond acceptors (Lipinski definition) is 2. The maximum absolute atomic E-state index is 5.93. The second-order valence-corrected chi connectivity index (χ2v) is 10.3. The molecule has 8 rings (SSSR count). The summed E-state index contributed by atoms with van der Waals surface area (Å²) < 4.78 is 5.93. The Kier molecular flexibility index (Phi) is 6.02. The van der Waals surface area contributed by atoms with Gasteiger partial charge in [0, 0.05) is 17.0 Å². The van der Waals surface area contributed by atoms with Gasteiger partial charge in [0.25, 0.3) is 0 Å². The van der Waals surface area contributed by atoms with Gasteiger partial charge in [-0.15, -0.1) is 0 Å². The van der Waals surface area contributed by atoms with Crippen LogP contribution in [-0.2, 0) is 0 Å². The van der Waals surface area contributed by atoms with Crippen molar-refractivity contribution in [3.8, 4) is 22.3 Å². The van der Waals surface area contributed by atoms with E-state index in [-0.39, 0.29) is 0 Å². The predicted octanol–water partition coefficient (Wildman–Crippen LogP) is 11.2. The Morgan fingerprint density at radius 3 is 1.60 bits per heavy atom. The largest absolute Gasteiger partial charge is 0.438 e. The number of pyridine rings is 1. The van der Waals surface area contributed by atoms with Crippen LogP contribution in [0, 0.1) is 0 Å². The molecule has 0 aliphatic rings. The third-order valence-corrected chi connectivity index (χ3v) is 7.52. The number of fused-ring (bicyclic) bond motifs is 9. The summed E-state index contributed by atoms with van der Waals surface area (Å²) in [5, 5.41) is 9.91. The Morgan fingerprint density at radius 1 is 0.450 bits per heavy atom. The number of hydrogen-bond donors (Lipinski definition) is 0. The molecule has 0 atom stereocenters. The lowest BCUT2D eigenvalue weighted by molar-refractivity contribution is 0.654. The zero-order valence-electron chi connectivity index (χ0n) is 22.7. The molecule has 2 heterocycles. The van der Waals surface area contributed by atoms with E-state index < -0.39 is 0 Å². The fourth-order valence-electron chi connectivity index (χ4n) is 5.76. The quantitative estimate of drug-likeness (QED) is 0.214. The molecular weight excluding hydrogens is 486 g/mol. The standard InChI is InChI=1S/C35H21NO.C3H8/c1-2-11-28-26(9-1)27-10-3-4-12-29(27)32-20-24(14-16-30(28)32)22-7-5-8-23(19-22)25-15-17-34-33(21-25)31-13-6-18-36-35(31)37-34;1-3-2/h1-21H;3H2,1-2H3. The smallest absolute Gasteiger partial charge is 0.227 e. The summed E-state index contributed by atoms with van der Waals surface area (Å²) in [5.41, 5.74) is 6.31. The van der Waals surface area contributed by atoms with Crippen LogP contribution in [-0.4, -0.2) is 4.98 Å². The summed E-state index contributed by atoms with van der Waals surface area (Å²) in [6.45, 7) is 4.25. The van der Waals surface area contributed by atoms with Gasteiger partial charge in [-0.05, 0) is 91.0 Å². The van der Waals surface area contributed by atoms with Gasteiger partial charge in [-0.1, -0.05) is 105 Å². The second kappa shape index (κ2) is 9.98. The summed E-state index contributed by atoms with van der Waals surface area (Å²) in [4.78, 5) is 4.37. The van der Waals surface area contributed by atoms with Crippen LogP contribution in [0.1, 0.15) is 20.3 Å². The Labute approximate surface area is 233 Å². The number of aromatic nitrogens is 1. The molecule has 6 aromatic carbocycles. The van der Waals surface area contributed by atoms with Gasteiger partial charge in [0.15, 0.2) is 0 Å².